The predicted molar refractivity (Wildman–Crippen MR) is 106 cm³/mol. The van der Waals surface area contributed by atoms with Crippen molar-refractivity contribution in [3.8, 4) is 11.8 Å². The lowest BCUT2D eigenvalue weighted by Gasteiger charge is -2.12. The van der Waals surface area contributed by atoms with E-state index in [2.05, 4.69) is 23.6 Å². The van der Waals surface area contributed by atoms with Gasteiger partial charge < -0.3 is 15.4 Å². The zero-order chi connectivity index (χ0) is 19.5. The van der Waals surface area contributed by atoms with Crippen LogP contribution in [0.1, 0.15) is 43.4 Å². The molecule has 27 heavy (non-hydrogen) atoms. The van der Waals surface area contributed by atoms with Crippen LogP contribution in [0.2, 0.25) is 0 Å². The third-order valence-electron chi connectivity index (χ3n) is 4.24. The second kappa shape index (κ2) is 11.0. The molecule has 0 bridgehead atoms. The van der Waals surface area contributed by atoms with E-state index >= 15 is 0 Å². The number of amides is 1. The topological polar surface area (TPSA) is 74.2 Å². The van der Waals surface area contributed by atoms with Crippen LogP contribution in [0.15, 0.2) is 48.5 Å². The molecule has 0 heterocycles. The van der Waals surface area contributed by atoms with Gasteiger partial charge in [0.25, 0.3) is 0 Å². The Kier molecular flexibility index (Phi) is 8.34. The smallest absolute Gasteiger partial charge is 0.221 e. The van der Waals surface area contributed by atoms with Crippen molar-refractivity contribution >= 4 is 5.91 Å². The van der Waals surface area contributed by atoms with E-state index < -0.39 is 0 Å². The van der Waals surface area contributed by atoms with Crippen molar-refractivity contribution in [1.82, 2.24) is 10.6 Å². The van der Waals surface area contributed by atoms with Crippen LogP contribution in [0.25, 0.3) is 0 Å². The maximum absolute atomic E-state index is 11.8. The number of nitrogens with zero attached hydrogens (tertiary/aromatic N) is 1. The summed E-state index contributed by atoms with van der Waals surface area (Å²) in [5.74, 6) is 0.861. The number of nitrogens with one attached hydrogen (secondary N) is 2. The number of carbonyl (C=O) groups is 1. The van der Waals surface area contributed by atoms with E-state index in [0.717, 1.165) is 23.3 Å². The molecule has 0 saturated heterocycles. The Morgan fingerprint density at radius 3 is 2.74 bits per heavy atom. The number of nitriles is 1. The van der Waals surface area contributed by atoms with Crippen LogP contribution in [0.3, 0.4) is 0 Å². The molecule has 0 radical (unpaired) electrons. The second-order valence-electron chi connectivity index (χ2n) is 6.55. The first-order valence-corrected chi connectivity index (χ1v) is 9.31. The van der Waals surface area contributed by atoms with Gasteiger partial charge >= 0.3 is 0 Å². The van der Waals surface area contributed by atoms with Gasteiger partial charge in [-0.25, -0.2) is 0 Å². The molecule has 1 unspecified atom stereocenters. The van der Waals surface area contributed by atoms with Gasteiger partial charge in [0.1, 0.15) is 12.4 Å². The summed E-state index contributed by atoms with van der Waals surface area (Å²) in [6.45, 7) is 5.79. The molecule has 2 aromatic rings. The molecule has 5 nitrogen and oxygen atoms in total. The number of benzene rings is 2. The van der Waals surface area contributed by atoms with Gasteiger partial charge in [0, 0.05) is 25.6 Å². The van der Waals surface area contributed by atoms with Gasteiger partial charge in [-0.15, -0.1) is 0 Å². The van der Waals surface area contributed by atoms with E-state index in [1.54, 1.807) is 6.07 Å². The Morgan fingerprint density at radius 1 is 1.19 bits per heavy atom. The van der Waals surface area contributed by atoms with E-state index in [0.29, 0.717) is 31.7 Å². The zero-order valence-electron chi connectivity index (χ0n) is 16.0. The highest BCUT2D eigenvalue weighted by Gasteiger charge is 2.05. The zero-order valence-corrected chi connectivity index (χ0v) is 16.0. The summed E-state index contributed by atoms with van der Waals surface area (Å²) in [6.07, 6.45) is 1.41. The average Bonchev–Trinajstić information content (AvgIpc) is 2.70. The molecule has 1 amide bonds. The van der Waals surface area contributed by atoms with Crippen molar-refractivity contribution in [3.05, 3.63) is 65.2 Å². The minimum atomic E-state index is 0.0773. The molecule has 0 aromatic heterocycles. The molecule has 2 aromatic carbocycles. The predicted octanol–water partition coefficient (Wildman–Crippen LogP) is 3.53. The minimum absolute atomic E-state index is 0.0773. The monoisotopic (exact) mass is 365 g/mol. The van der Waals surface area contributed by atoms with Gasteiger partial charge in [0.2, 0.25) is 5.91 Å². The van der Waals surface area contributed by atoms with Crippen LogP contribution in [-0.2, 0) is 17.9 Å². The maximum Gasteiger partial charge on any atom is 0.221 e. The van der Waals surface area contributed by atoms with E-state index in [-0.39, 0.29) is 11.9 Å². The van der Waals surface area contributed by atoms with Gasteiger partial charge in [-0.05, 0) is 48.7 Å². The molecule has 0 aliphatic rings. The summed E-state index contributed by atoms with van der Waals surface area (Å²) in [6, 6.07) is 17.6. The number of carbonyl (C=O) groups excluding carboxylic acids is 1. The molecule has 2 N–H and O–H groups in total. The van der Waals surface area contributed by atoms with Crippen molar-refractivity contribution < 1.29 is 9.53 Å². The van der Waals surface area contributed by atoms with Gasteiger partial charge in [-0.1, -0.05) is 31.2 Å². The van der Waals surface area contributed by atoms with E-state index in [1.807, 2.05) is 49.4 Å². The van der Waals surface area contributed by atoms with Crippen molar-refractivity contribution in [2.24, 2.45) is 0 Å². The average molecular weight is 365 g/mol. The van der Waals surface area contributed by atoms with Crippen molar-refractivity contribution in [2.45, 2.75) is 45.9 Å². The fraction of sp³-hybridized carbons (Fsp3) is 0.364. The van der Waals surface area contributed by atoms with Gasteiger partial charge in [-0.3, -0.25) is 4.79 Å². The van der Waals surface area contributed by atoms with Crippen LogP contribution in [0, 0.1) is 11.3 Å². The lowest BCUT2D eigenvalue weighted by molar-refractivity contribution is -0.121. The Bertz CT molecular complexity index is 783. The standard InChI is InChI=1S/C22H27N3O2/c1-3-17(2)25-22(26)10-11-24-15-19-7-5-9-21(13-19)27-16-20-8-4-6-18(12-20)14-23/h4-9,12-13,17,24H,3,10-11,15-16H2,1-2H3,(H,25,26). The molecule has 0 aliphatic carbocycles. The number of hydrogen-bond acceptors (Lipinski definition) is 4. The largest absolute Gasteiger partial charge is 0.489 e. The van der Waals surface area contributed by atoms with Crippen LogP contribution in [-0.4, -0.2) is 18.5 Å². The van der Waals surface area contributed by atoms with Crippen molar-refractivity contribution in [3.63, 3.8) is 0 Å². The first-order valence-electron chi connectivity index (χ1n) is 9.31. The van der Waals surface area contributed by atoms with E-state index in [4.69, 9.17) is 10.00 Å². The molecule has 5 heteroatoms. The second-order valence-corrected chi connectivity index (χ2v) is 6.55. The Morgan fingerprint density at radius 2 is 1.96 bits per heavy atom. The van der Waals surface area contributed by atoms with E-state index in [1.165, 1.54) is 0 Å². The quantitative estimate of drug-likeness (QED) is 0.632. The highest BCUT2D eigenvalue weighted by atomic mass is 16.5. The lowest BCUT2D eigenvalue weighted by Crippen LogP contribution is -2.33. The first kappa shape index (κ1) is 20.5. The van der Waals surface area contributed by atoms with Crippen LogP contribution < -0.4 is 15.4 Å². The lowest BCUT2D eigenvalue weighted by atomic mass is 10.1. The van der Waals surface area contributed by atoms with Crippen LogP contribution in [0.5, 0.6) is 5.75 Å². The fourth-order valence-electron chi connectivity index (χ4n) is 2.53. The summed E-state index contributed by atoms with van der Waals surface area (Å²) in [5, 5.41) is 15.2. The number of rotatable bonds is 10. The summed E-state index contributed by atoms with van der Waals surface area (Å²) >= 11 is 0. The van der Waals surface area contributed by atoms with Crippen molar-refractivity contribution in [1.29, 1.82) is 5.26 Å². The van der Waals surface area contributed by atoms with Gasteiger partial charge in [0.05, 0.1) is 11.6 Å². The third kappa shape index (κ3) is 7.51. The molecule has 2 rings (SSSR count). The highest BCUT2D eigenvalue weighted by molar-refractivity contribution is 5.76. The molecule has 142 valence electrons. The molecule has 0 saturated carbocycles. The Hall–Kier alpha value is -2.84. The van der Waals surface area contributed by atoms with Gasteiger partial charge in [-0.2, -0.15) is 5.26 Å². The van der Waals surface area contributed by atoms with E-state index in [9.17, 15) is 4.79 Å². The van der Waals surface area contributed by atoms with Crippen LogP contribution in [0.4, 0.5) is 0 Å². The minimum Gasteiger partial charge on any atom is -0.489 e. The SMILES string of the molecule is CCC(C)NC(=O)CCNCc1cccc(OCc2cccc(C#N)c2)c1. The highest BCUT2D eigenvalue weighted by Crippen LogP contribution is 2.15. The molecule has 1 atom stereocenters. The van der Waals surface area contributed by atoms with Crippen molar-refractivity contribution in [2.75, 3.05) is 6.54 Å². The number of ether oxygens (including phenoxy) is 1. The number of hydrogen-bond donors (Lipinski definition) is 2. The third-order valence-corrected chi connectivity index (χ3v) is 4.24. The summed E-state index contributed by atoms with van der Waals surface area (Å²) in [4.78, 5) is 11.8. The van der Waals surface area contributed by atoms with Crippen LogP contribution >= 0.6 is 0 Å². The summed E-state index contributed by atoms with van der Waals surface area (Å²) < 4.78 is 5.83. The molecular formula is C22H27N3O2. The molecule has 0 spiro atoms. The fourth-order valence-corrected chi connectivity index (χ4v) is 2.53. The first-order chi connectivity index (χ1) is 13.1. The Balaban J connectivity index is 1.76. The molecule has 0 fully saturated rings. The van der Waals surface area contributed by atoms with Gasteiger partial charge in [0.15, 0.2) is 0 Å². The summed E-state index contributed by atoms with van der Waals surface area (Å²) in [5.41, 5.74) is 2.69. The summed E-state index contributed by atoms with van der Waals surface area (Å²) in [7, 11) is 0. The Labute approximate surface area is 161 Å². The maximum atomic E-state index is 11.8. The molecule has 0 aliphatic heterocycles. The normalized spacial score (nSPS) is 11.4. The molecular weight excluding hydrogens is 338 g/mol.